The number of nitrogens with zero attached hydrogens (tertiary/aromatic N) is 1. The Bertz CT molecular complexity index is 1610. The lowest BCUT2D eigenvalue weighted by Gasteiger charge is -2.20. The summed E-state index contributed by atoms with van der Waals surface area (Å²) in [5, 5.41) is 5.21. The third-order valence-electron chi connectivity index (χ3n) is 6.05. The van der Waals surface area contributed by atoms with Crippen LogP contribution >= 0.6 is 0 Å². The van der Waals surface area contributed by atoms with E-state index in [-0.39, 0.29) is 17.5 Å². The molecule has 4 aromatic rings. The Hall–Kier alpha value is -4.45. The Morgan fingerprint density at radius 1 is 0.925 bits per heavy atom. The molecule has 0 aliphatic heterocycles. The van der Waals surface area contributed by atoms with Gasteiger partial charge in [0.15, 0.2) is 15.2 Å². The van der Waals surface area contributed by atoms with Crippen molar-refractivity contribution < 1.29 is 17.9 Å². The first kappa shape index (κ1) is 28.6. The maximum absolute atomic E-state index is 13.7. The smallest absolute Gasteiger partial charge is 0.302 e. The molecule has 0 aliphatic rings. The number of hydrogen-bond acceptors (Lipinski definition) is 7. The molecule has 1 atom stereocenters. The predicted molar refractivity (Wildman–Crippen MR) is 157 cm³/mol. The van der Waals surface area contributed by atoms with Gasteiger partial charge in [-0.15, -0.1) is 5.92 Å². The molecule has 0 aliphatic carbocycles. The van der Waals surface area contributed by atoms with Crippen LogP contribution in [0.15, 0.2) is 102 Å². The van der Waals surface area contributed by atoms with Gasteiger partial charge in [0.2, 0.25) is 0 Å². The molecule has 1 aromatic heterocycles. The molecule has 0 saturated carbocycles. The molecule has 0 radical (unpaired) electrons. The number of nitrogens with one attached hydrogen (secondary N) is 2. The van der Waals surface area contributed by atoms with E-state index < -0.39 is 15.2 Å². The second-order valence-electron chi connectivity index (χ2n) is 8.99. The van der Waals surface area contributed by atoms with Crippen LogP contribution < -0.4 is 10.6 Å². The first-order chi connectivity index (χ1) is 19.4. The van der Waals surface area contributed by atoms with Gasteiger partial charge in [0.1, 0.15) is 12.4 Å². The van der Waals surface area contributed by atoms with Crippen LogP contribution in [0.25, 0.3) is 11.1 Å². The molecule has 0 fully saturated rings. The van der Waals surface area contributed by atoms with Crippen molar-refractivity contribution in [3.8, 4) is 23.0 Å². The molecule has 40 heavy (non-hydrogen) atoms. The van der Waals surface area contributed by atoms with Crippen LogP contribution in [0.5, 0.6) is 0 Å². The Morgan fingerprint density at radius 3 is 2.40 bits per heavy atom. The van der Waals surface area contributed by atoms with Gasteiger partial charge in [0.25, 0.3) is 0 Å². The zero-order valence-electron chi connectivity index (χ0n) is 22.4. The maximum Gasteiger partial charge on any atom is 0.302 e. The molecule has 7 nitrogen and oxygen atoms in total. The van der Waals surface area contributed by atoms with Gasteiger partial charge in [-0.1, -0.05) is 66.6 Å². The van der Waals surface area contributed by atoms with Crippen LogP contribution in [0.2, 0.25) is 0 Å². The van der Waals surface area contributed by atoms with Gasteiger partial charge >= 0.3 is 5.97 Å². The first-order valence-electron chi connectivity index (χ1n) is 12.9. The van der Waals surface area contributed by atoms with E-state index in [9.17, 15) is 13.2 Å². The van der Waals surface area contributed by atoms with Crippen LogP contribution in [0.3, 0.4) is 0 Å². The standard InChI is InChI=1S/C32H31N3O4S/c1-3-9-25-10-7-11-28(22-25)27-18-16-26(17-19-27)23-34-32(40(37,38)29-12-5-4-6-13-29)30-14-8-15-31(35-30)33-20-21-39-24(2)36/h4-8,10-19,22,32,34H,20-21,23H2,1-2H3,(H,33,35). The summed E-state index contributed by atoms with van der Waals surface area (Å²) in [6.45, 7) is 3.99. The molecule has 2 N–H and O–H groups in total. The molecule has 0 saturated heterocycles. The van der Waals surface area contributed by atoms with E-state index in [4.69, 9.17) is 4.74 Å². The van der Waals surface area contributed by atoms with E-state index in [0.29, 0.717) is 24.6 Å². The highest BCUT2D eigenvalue weighted by Crippen LogP contribution is 2.27. The molecule has 0 bridgehead atoms. The lowest BCUT2D eigenvalue weighted by Crippen LogP contribution is -2.29. The van der Waals surface area contributed by atoms with Gasteiger partial charge in [-0.2, -0.15) is 0 Å². The highest BCUT2D eigenvalue weighted by atomic mass is 32.2. The fourth-order valence-corrected chi connectivity index (χ4v) is 5.70. The summed E-state index contributed by atoms with van der Waals surface area (Å²) in [5.74, 6) is 6.12. The van der Waals surface area contributed by atoms with E-state index in [0.717, 1.165) is 22.3 Å². The van der Waals surface area contributed by atoms with Gasteiger partial charge in [-0.3, -0.25) is 10.1 Å². The lowest BCUT2D eigenvalue weighted by atomic mass is 10.0. The van der Waals surface area contributed by atoms with Crippen molar-refractivity contribution in [3.05, 3.63) is 114 Å². The third kappa shape index (κ3) is 7.56. The van der Waals surface area contributed by atoms with Crippen molar-refractivity contribution in [2.45, 2.75) is 30.7 Å². The van der Waals surface area contributed by atoms with Crippen molar-refractivity contribution >= 4 is 21.6 Å². The largest absolute Gasteiger partial charge is 0.464 e. The van der Waals surface area contributed by atoms with Crippen molar-refractivity contribution in [1.29, 1.82) is 0 Å². The van der Waals surface area contributed by atoms with Crippen LogP contribution in [-0.2, 0) is 25.9 Å². The number of hydrogen-bond donors (Lipinski definition) is 2. The van der Waals surface area contributed by atoms with E-state index in [1.807, 2.05) is 55.5 Å². The number of ether oxygens (including phenoxy) is 1. The van der Waals surface area contributed by atoms with E-state index >= 15 is 0 Å². The number of pyridine rings is 1. The summed E-state index contributed by atoms with van der Waals surface area (Å²) in [4.78, 5) is 15.8. The minimum atomic E-state index is -3.82. The Kier molecular flexibility index (Phi) is 9.68. The van der Waals surface area contributed by atoms with E-state index in [1.54, 1.807) is 48.5 Å². The number of sulfone groups is 1. The molecule has 8 heteroatoms. The highest BCUT2D eigenvalue weighted by Gasteiger charge is 2.30. The van der Waals surface area contributed by atoms with Gasteiger partial charge in [-0.05, 0) is 60.0 Å². The average molecular weight is 554 g/mol. The van der Waals surface area contributed by atoms with E-state index in [2.05, 4.69) is 27.5 Å². The maximum atomic E-state index is 13.7. The number of carbonyl (C=O) groups is 1. The van der Waals surface area contributed by atoms with Crippen LogP contribution in [-0.4, -0.2) is 32.5 Å². The first-order valence-corrected chi connectivity index (χ1v) is 14.4. The quantitative estimate of drug-likeness (QED) is 0.147. The van der Waals surface area contributed by atoms with Gasteiger partial charge in [0.05, 0.1) is 17.1 Å². The number of esters is 1. The number of aromatic nitrogens is 1. The van der Waals surface area contributed by atoms with Crippen LogP contribution in [0, 0.1) is 11.8 Å². The van der Waals surface area contributed by atoms with Gasteiger partial charge < -0.3 is 10.1 Å². The van der Waals surface area contributed by atoms with E-state index in [1.165, 1.54) is 6.92 Å². The highest BCUT2D eigenvalue weighted by molar-refractivity contribution is 7.91. The molecule has 204 valence electrons. The number of benzene rings is 3. The summed E-state index contributed by atoms with van der Waals surface area (Å²) < 4.78 is 32.4. The normalized spacial score (nSPS) is 11.7. The zero-order valence-corrected chi connectivity index (χ0v) is 23.2. The Balaban J connectivity index is 1.55. The summed E-state index contributed by atoms with van der Waals surface area (Å²) in [7, 11) is -3.82. The number of anilines is 1. The van der Waals surface area contributed by atoms with Crippen molar-refractivity contribution in [2.24, 2.45) is 0 Å². The molecule has 1 unspecified atom stereocenters. The Labute approximate surface area is 235 Å². The minimum absolute atomic E-state index is 0.178. The van der Waals surface area contributed by atoms with Crippen LogP contribution in [0.4, 0.5) is 5.82 Å². The van der Waals surface area contributed by atoms with Crippen LogP contribution in [0.1, 0.15) is 36.0 Å². The summed E-state index contributed by atoms with van der Waals surface area (Å²) >= 11 is 0. The predicted octanol–water partition coefficient (Wildman–Crippen LogP) is 5.36. The second-order valence-corrected chi connectivity index (χ2v) is 11.0. The van der Waals surface area contributed by atoms with Crippen molar-refractivity contribution in [2.75, 3.05) is 18.5 Å². The summed E-state index contributed by atoms with van der Waals surface area (Å²) in [5.41, 5.74) is 4.34. The third-order valence-corrected chi connectivity index (χ3v) is 8.00. The molecule has 1 heterocycles. The number of rotatable bonds is 11. The van der Waals surface area contributed by atoms with Gasteiger partial charge in [-0.25, -0.2) is 13.4 Å². The topological polar surface area (TPSA) is 97.4 Å². The number of carbonyl (C=O) groups excluding carboxylic acids is 1. The van der Waals surface area contributed by atoms with Gasteiger partial charge in [0, 0.05) is 19.0 Å². The SMILES string of the molecule is CC#Cc1cccc(-c2ccc(CNC(c3cccc(NCCOC(C)=O)n3)S(=O)(=O)c3ccccc3)cc2)c1. The molecule has 0 spiro atoms. The molecular formula is C32H31N3O4S. The molecule has 3 aromatic carbocycles. The summed E-state index contributed by atoms with van der Waals surface area (Å²) in [6, 6.07) is 29.5. The molecule has 4 rings (SSSR count). The minimum Gasteiger partial charge on any atom is -0.464 e. The fourth-order valence-electron chi connectivity index (χ4n) is 4.14. The Morgan fingerprint density at radius 2 is 1.68 bits per heavy atom. The zero-order chi connectivity index (χ0) is 28.4. The lowest BCUT2D eigenvalue weighted by molar-refractivity contribution is -0.140. The molecule has 0 amide bonds. The summed E-state index contributed by atoms with van der Waals surface area (Å²) in [6.07, 6.45) is 0. The van der Waals surface area contributed by atoms with Crippen molar-refractivity contribution in [3.63, 3.8) is 0 Å². The van der Waals surface area contributed by atoms with Crippen molar-refractivity contribution in [1.82, 2.24) is 10.3 Å². The average Bonchev–Trinajstić information content (AvgIpc) is 2.97. The monoisotopic (exact) mass is 553 g/mol. The molecular weight excluding hydrogens is 522 g/mol. The second kappa shape index (κ2) is 13.6. The fraction of sp³-hybridized carbons (Fsp3) is 0.188.